The molecule has 0 spiro atoms. The number of aryl methyl sites for hydroxylation is 1. The molecular formula is C16H21NO2S. The molecule has 3 rings (SSSR count). The van der Waals surface area contributed by atoms with Crippen LogP contribution in [0.25, 0.3) is 0 Å². The van der Waals surface area contributed by atoms with Crippen molar-refractivity contribution in [3.8, 4) is 0 Å². The van der Waals surface area contributed by atoms with Gasteiger partial charge < -0.3 is 9.45 Å². The minimum atomic E-state index is -1.09. The number of hydrogen-bond acceptors (Lipinski definition) is 2. The summed E-state index contributed by atoms with van der Waals surface area (Å²) in [7, 11) is 0. The number of rotatable bonds is 3. The Morgan fingerprint density at radius 3 is 2.80 bits per heavy atom. The molecule has 1 aliphatic heterocycles. The van der Waals surface area contributed by atoms with Crippen LogP contribution in [-0.2, 0) is 22.4 Å². The van der Waals surface area contributed by atoms with Crippen molar-refractivity contribution in [1.82, 2.24) is 4.90 Å². The van der Waals surface area contributed by atoms with Gasteiger partial charge in [0, 0.05) is 18.7 Å². The molecule has 2 unspecified atom stereocenters. The molecule has 2 atom stereocenters. The third-order valence-corrected chi connectivity index (χ3v) is 6.01. The van der Waals surface area contributed by atoms with Crippen molar-refractivity contribution >= 4 is 17.1 Å². The van der Waals surface area contributed by atoms with Gasteiger partial charge in [-0.3, -0.25) is 4.79 Å². The topological polar surface area (TPSA) is 43.4 Å². The van der Waals surface area contributed by atoms with E-state index < -0.39 is 11.2 Å². The standard InChI is InChI=1S/C16H21NO2S/c18-16(17-10-3-4-11-17)12-20(19)15-9-5-7-13-6-1-2-8-14(13)15/h1-2,6,8,15H,3-5,7,9-12H2. The number of fused-ring (bicyclic) bond motifs is 1. The number of likely N-dealkylation sites (tertiary alicyclic amines) is 1. The Labute approximate surface area is 123 Å². The smallest absolute Gasteiger partial charge is 0.272 e. The van der Waals surface area contributed by atoms with Gasteiger partial charge in [-0.2, -0.15) is 0 Å². The Hall–Kier alpha value is -1.00. The van der Waals surface area contributed by atoms with Gasteiger partial charge in [0.25, 0.3) is 5.91 Å². The van der Waals surface area contributed by atoms with E-state index in [0.29, 0.717) is 0 Å². The van der Waals surface area contributed by atoms with Crippen LogP contribution in [0.2, 0.25) is 0 Å². The predicted molar refractivity (Wildman–Crippen MR) is 80.9 cm³/mol. The molecule has 1 heterocycles. The Morgan fingerprint density at radius 1 is 1.25 bits per heavy atom. The van der Waals surface area contributed by atoms with Crippen LogP contribution in [-0.4, -0.2) is 34.2 Å². The Morgan fingerprint density at radius 2 is 2.00 bits per heavy atom. The lowest BCUT2D eigenvalue weighted by molar-refractivity contribution is -0.127. The highest BCUT2D eigenvalue weighted by atomic mass is 32.2. The maximum Gasteiger partial charge on any atom is 0.272 e. The van der Waals surface area contributed by atoms with E-state index in [1.165, 1.54) is 11.1 Å². The van der Waals surface area contributed by atoms with Crippen molar-refractivity contribution in [2.75, 3.05) is 18.8 Å². The first kappa shape index (κ1) is 14.0. The van der Waals surface area contributed by atoms with Crippen LogP contribution in [0.4, 0.5) is 0 Å². The fourth-order valence-corrected chi connectivity index (χ4v) is 4.83. The molecule has 0 N–H and O–H groups in total. The summed E-state index contributed by atoms with van der Waals surface area (Å²) < 4.78 is 12.6. The maximum atomic E-state index is 12.6. The third kappa shape index (κ3) is 2.86. The normalized spacial score (nSPS) is 23.4. The highest BCUT2D eigenvalue weighted by Gasteiger charge is 2.32. The van der Waals surface area contributed by atoms with Crippen molar-refractivity contribution < 1.29 is 9.35 Å². The zero-order valence-corrected chi connectivity index (χ0v) is 12.5. The Bertz CT molecular complexity index is 485. The van der Waals surface area contributed by atoms with Gasteiger partial charge in [0.1, 0.15) is 5.25 Å². The lowest BCUT2D eigenvalue weighted by Gasteiger charge is -2.28. The van der Waals surface area contributed by atoms with Gasteiger partial charge in [0.05, 0.1) is 0 Å². The van der Waals surface area contributed by atoms with Crippen molar-refractivity contribution in [3.63, 3.8) is 0 Å². The Balaban J connectivity index is 1.68. The maximum absolute atomic E-state index is 12.6. The van der Waals surface area contributed by atoms with Crippen LogP contribution in [0.3, 0.4) is 0 Å². The van der Waals surface area contributed by atoms with Gasteiger partial charge in [0.2, 0.25) is 0 Å². The Kier molecular flexibility index (Phi) is 4.32. The van der Waals surface area contributed by atoms with Crippen molar-refractivity contribution in [2.45, 2.75) is 37.4 Å². The molecule has 20 heavy (non-hydrogen) atoms. The largest absolute Gasteiger partial charge is 0.615 e. The second-order valence-electron chi connectivity index (χ2n) is 5.69. The summed E-state index contributed by atoms with van der Waals surface area (Å²) in [6.45, 7) is 1.69. The average Bonchev–Trinajstić information content (AvgIpc) is 3.01. The summed E-state index contributed by atoms with van der Waals surface area (Å²) in [6, 6.07) is 8.26. The fraction of sp³-hybridized carbons (Fsp3) is 0.562. The first-order chi connectivity index (χ1) is 9.75. The van der Waals surface area contributed by atoms with Crippen LogP contribution in [0, 0.1) is 0 Å². The van der Waals surface area contributed by atoms with E-state index in [-0.39, 0.29) is 16.9 Å². The predicted octanol–water partition coefficient (Wildman–Crippen LogP) is 2.44. The number of carbonyl (C=O) groups excluding carboxylic acids is 1. The second-order valence-corrected chi connectivity index (χ2v) is 7.31. The third-order valence-electron chi connectivity index (χ3n) is 4.36. The number of carbonyl (C=O) groups is 1. The van der Waals surface area contributed by atoms with Gasteiger partial charge in [-0.1, -0.05) is 24.3 Å². The van der Waals surface area contributed by atoms with E-state index in [2.05, 4.69) is 12.1 Å². The van der Waals surface area contributed by atoms with E-state index in [1.54, 1.807) is 0 Å². The molecule has 3 nitrogen and oxygen atoms in total. The first-order valence-electron chi connectivity index (χ1n) is 7.48. The van der Waals surface area contributed by atoms with E-state index in [1.807, 2.05) is 17.0 Å². The number of benzene rings is 1. The van der Waals surface area contributed by atoms with Crippen molar-refractivity contribution in [3.05, 3.63) is 35.4 Å². The van der Waals surface area contributed by atoms with E-state index in [9.17, 15) is 9.35 Å². The fourth-order valence-electron chi connectivity index (χ4n) is 3.26. The number of amides is 1. The molecular weight excluding hydrogens is 270 g/mol. The lowest BCUT2D eigenvalue weighted by Crippen LogP contribution is -2.35. The van der Waals surface area contributed by atoms with E-state index >= 15 is 0 Å². The van der Waals surface area contributed by atoms with Crippen LogP contribution in [0.5, 0.6) is 0 Å². The minimum Gasteiger partial charge on any atom is -0.615 e. The van der Waals surface area contributed by atoms with E-state index in [4.69, 9.17) is 0 Å². The molecule has 108 valence electrons. The van der Waals surface area contributed by atoms with Gasteiger partial charge >= 0.3 is 0 Å². The molecule has 1 saturated heterocycles. The SMILES string of the molecule is O=C(C[S+]([O-])C1CCCc2ccccc21)N1CCCC1. The first-order valence-corrected chi connectivity index (χ1v) is 8.86. The minimum absolute atomic E-state index is 0.0477. The van der Waals surface area contributed by atoms with Crippen molar-refractivity contribution in [1.29, 1.82) is 0 Å². The van der Waals surface area contributed by atoms with Gasteiger partial charge in [0.15, 0.2) is 5.75 Å². The summed E-state index contributed by atoms with van der Waals surface area (Å²) in [5.41, 5.74) is 2.51. The van der Waals surface area contributed by atoms with Crippen LogP contribution in [0.1, 0.15) is 42.1 Å². The zero-order chi connectivity index (χ0) is 13.9. The molecule has 1 aromatic rings. The molecule has 0 saturated carbocycles. The van der Waals surface area contributed by atoms with Crippen LogP contribution < -0.4 is 0 Å². The molecule has 0 aromatic heterocycles. The summed E-state index contributed by atoms with van der Waals surface area (Å²) in [5, 5.41) is 0.0477. The summed E-state index contributed by atoms with van der Waals surface area (Å²) in [5.74, 6) is 0.266. The average molecular weight is 291 g/mol. The summed E-state index contributed by atoms with van der Waals surface area (Å²) in [6.07, 6.45) is 5.27. The zero-order valence-electron chi connectivity index (χ0n) is 11.7. The highest BCUT2D eigenvalue weighted by Crippen LogP contribution is 2.36. The van der Waals surface area contributed by atoms with Gasteiger partial charge in [-0.25, -0.2) is 0 Å². The molecule has 4 heteroatoms. The molecule has 1 amide bonds. The van der Waals surface area contributed by atoms with Gasteiger partial charge in [-0.15, -0.1) is 0 Å². The lowest BCUT2D eigenvalue weighted by atomic mass is 9.91. The van der Waals surface area contributed by atoms with E-state index in [0.717, 1.165) is 45.2 Å². The van der Waals surface area contributed by atoms with Crippen LogP contribution >= 0.6 is 0 Å². The van der Waals surface area contributed by atoms with Gasteiger partial charge in [-0.05, 0) is 48.8 Å². The quantitative estimate of drug-likeness (QED) is 0.803. The summed E-state index contributed by atoms with van der Waals surface area (Å²) in [4.78, 5) is 14.0. The van der Waals surface area contributed by atoms with Crippen LogP contribution in [0.15, 0.2) is 24.3 Å². The molecule has 2 aliphatic rings. The summed E-state index contributed by atoms with van der Waals surface area (Å²) >= 11 is -1.09. The monoisotopic (exact) mass is 291 g/mol. The molecule has 1 aromatic carbocycles. The second kappa shape index (κ2) is 6.19. The molecule has 0 radical (unpaired) electrons. The molecule has 0 bridgehead atoms. The molecule has 1 fully saturated rings. The number of nitrogens with zero attached hydrogens (tertiary/aromatic N) is 1. The molecule has 1 aliphatic carbocycles. The number of hydrogen-bond donors (Lipinski definition) is 0. The van der Waals surface area contributed by atoms with Crippen molar-refractivity contribution in [2.24, 2.45) is 0 Å². The highest BCUT2D eigenvalue weighted by molar-refractivity contribution is 7.92.